The first kappa shape index (κ1) is 25.0. The van der Waals surface area contributed by atoms with Crippen molar-refractivity contribution < 1.29 is 0 Å². The lowest BCUT2D eigenvalue weighted by Crippen LogP contribution is -2.05. The van der Waals surface area contributed by atoms with Gasteiger partial charge in [-0.15, -0.1) is 0 Å². The van der Waals surface area contributed by atoms with Crippen LogP contribution in [-0.4, -0.2) is 0 Å². The fourth-order valence-corrected chi connectivity index (χ4v) is 4.18. The van der Waals surface area contributed by atoms with Crippen LogP contribution < -0.4 is 0 Å². The van der Waals surface area contributed by atoms with Gasteiger partial charge in [0.25, 0.3) is 0 Å². The number of unbranched alkanes of at least 4 members (excludes halogenated alkanes) is 14. The van der Waals surface area contributed by atoms with Gasteiger partial charge < -0.3 is 0 Å². The van der Waals surface area contributed by atoms with Gasteiger partial charge in [-0.2, -0.15) is 0 Å². The second-order valence-corrected chi connectivity index (χ2v) is 9.02. The molecule has 0 heterocycles. The average Bonchev–Trinajstić information content (AvgIpc) is 2.58. The van der Waals surface area contributed by atoms with Crippen molar-refractivity contribution in [2.75, 3.05) is 0 Å². The zero-order valence-corrected chi connectivity index (χ0v) is 18.6. The largest absolute Gasteiger partial charge is 0.0654 e. The smallest absolute Gasteiger partial charge is 0.0412 e. The van der Waals surface area contributed by atoms with E-state index in [1.165, 1.54) is 122 Å². The zero-order valence-electron chi connectivity index (χ0n) is 18.6. The van der Waals surface area contributed by atoms with E-state index in [0.717, 1.165) is 11.8 Å². The summed E-state index contributed by atoms with van der Waals surface area (Å²) >= 11 is 0. The molecule has 0 N–H and O–H groups in total. The van der Waals surface area contributed by atoms with Crippen LogP contribution in [0.5, 0.6) is 0 Å². The van der Waals surface area contributed by atoms with Crippen molar-refractivity contribution in [1.82, 2.24) is 0 Å². The first-order valence-corrected chi connectivity index (χ1v) is 12.2. The molecule has 0 aromatic heterocycles. The van der Waals surface area contributed by atoms with E-state index in [-0.39, 0.29) is 0 Å². The summed E-state index contributed by atoms with van der Waals surface area (Å²) in [5, 5.41) is 0. The quantitative estimate of drug-likeness (QED) is 0.191. The van der Waals surface area contributed by atoms with Crippen molar-refractivity contribution in [2.24, 2.45) is 11.8 Å². The summed E-state index contributed by atoms with van der Waals surface area (Å²) in [6.07, 6.45) is 27.8. The number of hydrogen-bond donors (Lipinski definition) is 0. The maximum Gasteiger partial charge on any atom is -0.0412 e. The van der Waals surface area contributed by atoms with E-state index in [9.17, 15) is 0 Å². The fraction of sp³-hybridized carbons (Fsp3) is 1.00. The first-order valence-electron chi connectivity index (χ1n) is 12.2. The van der Waals surface area contributed by atoms with Gasteiger partial charge in [-0.25, -0.2) is 0 Å². The van der Waals surface area contributed by atoms with Gasteiger partial charge in [-0.1, -0.05) is 143 Å². The van der Waals surface area contributed by atoms with Gasteiger partial charge in [0.15, 0.2) is 0 Å². The SMILES string of the molecule is CCCCCCCCCCCCC(CCCCCCCC)CC(C)C. The predicted octanol–water partition coefficient (Wildman–Crippen LogP) is 9.71. The Morgan fingerprint density at radius 1 is 0.440 bits per heavy atom. The molecule has 0 aromatic rings. The van der Waals surface area contributed by atoms with Crippen molar-refractivity contribution in [1.29, 1.82) is 0 Å². The van der Waals surface area contributed by atoms with E-state index in [4.69, 9.17) is 0 Å². The highest BCUT2D eigenvalue weighted by Crippen LogP contribution is 2.25. The van der Waals surface area contributed by atoms with Gasteiger partial charge in [0.2, 0.25) is 0 Å². The Hall–Kier alpha value is 0. The van der Waals surface area contributed by atoms with Crippen molar-refractivity contribution in [2.45, 2.75) is 150 Å². The topological polar surface area (TPSA) is 0 Å². The van der Waals surface area contributed by atoms with Crippen LogP contribution in [0, 0.1) is 11.8 Å². The molecule has 0 fully saturated rings. The lowest BCUT2D eigenvalue weighted by molar-refractivity contribution is 0.338. The molecule has 0 rings (SSSR count). The molecular formula is C25H52. The Morgan fingerprint density at radius 3 is 1.08 bits per heavy atom. The maximum absolute atomic E-state index is 2.41. The third-order valence-electron chi connectivity index (χ3n) is 5.74. The van der Waals surface area contributed by atoms with Crippen LogP contribution in [0.15, 0.2) is 0 Å². The molecule has 0 heteroatoms. The van der Waals surface area contributed by atoms with E-state index in [2.05, 4.69) is 27.7 Å². The second-order valence-electron chi connectivity index (χ2n) is 9.02. The summed E-state index contributed by atoms with van der Waals surface area (Å²) in [4.78, 5) is 0. The molecule has 0 aliphatic heterocycles. The van der Waals surface area contributed by atoms with Crippen LogP contribution in [0.3, 0.4) is 0 Å². The summed E-state index contributed by atoms with van der Waals surface area (Å²) < 4.78 is 0. The van der Waals surface area contributed by atoms with Crippen molar-refractivity contribution in [3.8, 4) is 0 Å². The maximum atomic E-state index is 2.41. The van der Waals surface area contributed by atoms with Gasteiger partial charge >= 0.3 is 0 Å². The number of rotatable bonds is 20. The molecule has 0 aromatic carbocycles. The molecule has 0 radical (unpaired) electrons. The summed E-state index contributed by atoms with van der Waals surface area (Å²) in [6.45, 7) is 9.43. The molecule has 1 unspecified atom stereocenters. The minimum absolute atomic E-state index is 0.883. The molecule has 0 aliphatic carbocycles. The molecule has 0 amide bonds. The van der Waals surface area contributed by atoms with E-state index in [1.54, 1.807) is 0 Å². The average molecular weight is 353 g/mol. The van der Waals surface area contributed by atoms with E-state index in [1.807, 2.05) is 0 Å². The Labute approximate surface area is 161 Å². The molecule has 0 spiro atoms. The van der Waals surface area contributed by atoms with Gasteiger partial charge in [0.1, 0.15) is 0 Å². The first-order chi connectivity index (χ1) is 12.2. The van der Waals surface area contributed by atoms with E-state index < -0.39 is 0 Å². The van der Waals surface area contributed by atoms with Gasteiger partial charge in [-0.3, -0.25) is 0 Å². The van der Waals surface area contributed by atoms with E-state index in [0.29, 0.717) is 0 Å². The standard InChI is InChI=1S/C25H52/c1-5-7-9-11-13-14-15-16-18-20-22-25(23-24(3)4)21-19-17-12-10-8-6-2/h24-25H,5-23H2,1-4H3. The summed E-state index contributed by atoms with van der Waals surface area (Å²) in [5.74, 6) is 1.90. The molecular weight excluding hydrogens is 300 g/mol. The number of hydrogen-bond acceptors (Lipinski definition) is 0. The molecule has 0 bridgehead atoms. The Balaban J connectivity index is 3.55. The second kappa shape index (κ2) is 20.3. The molecule has 0 nitrogen and oxygen atoms in total. The highest BCUT2D eigenvalue weighted by atomic mass is 14.2. The highest BCUT2D eigenvalue weighted by Gasteiger charge is 2.10. The van der Waals surface area contributed by atoms with Crippen LogP contribution in [-0.2, 0) is 0 Å². The van der Waals surface area contributed by atoms with Crippen LogP contribution in [0.1, 0.15) is 150 Å². The Bertz CT molecular complexity index is 230. The summed E-state index contributed by atoms with van der Waals surface area (Å²) in [6, 6.07) is 0. The van der Waals surface area contributed by atoms with Crippen molar-refractivity contribution >= 4 is 0 Å². The molecule has 152 valence electrons. The monoisotopic (exact) mass is 352 g/mol. The third kappa shape index (κ3) is 20.2. The normalized spacial score (nSPS) is 12.8. The van der Waals surface area contributed by atoms with E-state index >= 15 is 0 Å². The molecule has 0 saturated carbocycles. The molecule has 0 aliphatic rings. The molecule has 0 saturated heterocycles. The molecule has 1 atom stereocenters. The van der Waals surface area contributed by atoms with Crippen LogP contribution >= 0.6 is 0 Å². The lowest BCUT2D eigenvalue weighted by Gasteiger charge is -2.19. The summed E-state index contributed by atoms with van der Waals surface area (Å²) in [7, 11) is 0. The minimum Gasteiger partial charge on any atom is -0.0654 e. The van der Waals surface area contributed by atoms with Crippen molar-refractivity contribution in [3.05, 3.63) is 0 Å². The Morgan fingerprint density at radius 2 is 0.760 bits per heavy atom. The van der Waals surface area contributed by atoms with Crippen molar-refractivity contribution in [3.63, 3.8) is 0 Å². The van der Waals surface area contributed by atoms with Crippen LogP contribution in [0.25, 0.3) is 0 Å². The van der Waals surface area contributed by atoms with Crippen LogP contribution in [0.4, 0.5) is 0 Å². The summed E-state index contributed by atoms with van der Waals surface area (Å²) in [5.41, 5.74) is 0. The lowest BCUT2D eigenvalue weighted by atomic mass is 9.87. The molecule has 25 heavy (non-hydrogen) atoms. The highest BCUT2D eigenvalue weighted by molar-refractivity contribution is 4.63. The van der Waals surface area contributed by atoms with Gasteiger partial charge in [0, 0.05) is 0 Å². The van der Waals surface area contributed by atoms with Gasteiger partial charge in [0.05, 0.1) is 0 Å². The Kier molecular flexibility index (Phi) is 20.3. The van der Waals surface area contributed by atoms with Crippen LogP contribution in [0.2, 0.25) is 0 Å². The predicted molar refractivity (Wildman–Crippen MR) is 117 cm³/mol. The minimum atomic E-state index is 0.883. The zero-order chi connectivity index (χ0) is 18.6. The van der Waals surface area contributed by atoms with Gasteiger partial charge in [-0.05, 0) is 18.3 Å². The third-order valence-corrected chi connectivity index (χ3v) is 5.74. The fourth-order valence-electron chi connectivity index (χ4n) is 4.18.